The highest BCUT2D eigenvalue weighted by Gasteiger charge is 2.17. The second-order valence-electron chi connectivity index (χ2n) is 15.8. The van der Waals surface area contributed by atoms with E-state index >= 15 is 0 Å². The normalized spacial score (nSPS) is 11.6. The molecule has 3 nitrogen and oxygen atoms in total. The predicted molar refractivity (Wildman–Crippen MR) is 258 cm³/mol. The Balaban J connectivity index is 0.885. The summed E-state index contributed by atoms with van der Waals surface area (Å²) in [5.41, 5.74) is 15.2. The van der Waals surface area contributed by atoms with Crippen LogP contribution >= 0.6 is 0 Å². The fraction of sp³-hybridized carbons (Fsp3) is 0. The third-order valence-electron chi connectivity index (χ3n) is 12.3. The van der Waals surface area contributed by atoms with Gasteiger partial charge in [-0.2, -0.15) is 0 Å². The first kappa shape index (κ1) is 34.9. The minimum Gasteiger partial charge on any atom is -0.311 e. The van der Waals surface area contributed by atoms with Crippen molar-refractivity contribution in [3.05, 3.63) is 237 Å². The summed E-state index contributed by atoms with van der Waals surface area (Å²) >= 11 is 0. The average Bonchev–Trinajstić information content (AvgIpc) is 3.85. The molecule has 0 amide bonds. The van der Waals surface area contributed by atoms with Crippen LogP contribution in [0.4, 0.5) is 17.1 Å². The molecule has 10 aromatic carbocycles. The van der Waals surface area contributed by atoms with Gasteiger partial charge in [-0.3, -0.25) is 0 Å². The lowest BCUT2D eigenvalue weighted by Crippen LogP contribution is -2.10. The third kappa shape index (κ3) is 5.90. The molecule has 286 valence electrons. The number of benzene rings is 10. The van der Waals surface area contributed by atoms with E-state index in [0.717, 1.165) is 28.4 Å². The Morgan fingerprint density at radius 1 is 0.246 bits per heavy atom. The maximum absolute atomic E-state index is 2.39. The van der Waals surface area contributed by atoms with Gasteiger partial charge in [-0.1, -0.05) is 140 Å². The van der Waals surface area contributed by atoms with Gasteiger partial charge in [-0.15, -0.1) is 0 Å². The molecular weight excluding hydrogens is 739 g/mol. The molecule has 0 saturated heterocycles. The zero-order valence-electron chi connectivity index (χ0n) is 33.4. The minimum absolute atomic E-state index is 1.10. The number of hydrogen-bond donors (Lipinski definition) is 0. The quantitative estimate of drug-likeness (QED) is 0.157. The molecule has 61 heavy (non-hydrogen) atoms. The Morgan fingerprint density at radius 2 is 0.639 bits per heavy atom. The minimum atomic E-state index is 1.10. The molecule has 0 unspecified atom stereocenters. The molecule has 0 spiro atoms. The van der Waals surface area contributed by atoms with Gasteiger partial charge in [-0.05, 0) is 130 Å². The smallest absolute Gasteiger partial charge is 0.0541 e. The highest BCUT2D eigenvalue weighted by Crippen LogP contribution is 2.40. The molecular formula is C58H39N3. The molecule has 0 bridgehead atoms. The maximum atomic E-state index is 2.39. The third-order valence-corrected chi connectivity index (χ3v) is 12.3. The highest BCUT2D eigenvalue weighted by molar-refractivity contribution is 6.11. The molecule has 0 aliphatic heterocycles. The van der Waals surface area contributed by atoms with Crippen molar-refractivity contribution in [3.8, 4) is 33.6 Å². The second kappa shape index (κ2) is 14.3. The molecule has 0 fully saturated rings. The Hall–Kier alpha value is -8.14. The summed E-state index contributed by atoms with van der Waals surface area (Å²) in [4.78, 5) is 2.33. The van der Waals surface area contributed by atoms with Crippen molar-refractivity contribution in [2.45, 2.75) is 0 Å². The molecule has 2 heterocycles. The first-order valence-corrected chi connectivity index (χ1v) is 20.9. The number of rotatable bonds is 7. The molecule has 12 rings (SSSR count). The van der Waals surface area contributed by atoms with Gasteiger partial charge in [0, 0.05) is 50.0 Å². The first-order chi connectivity index (χ1) is 30.2. The molecule has 0 saturated carbocycles. The zero-order valence-corrected chi connectivity index (χ0v) is 33.4. The Labute approximate surface area is 354 Å². The standard InChI is InChI=1S/C58H39N3/c1-2-14-46(15-3-1)59(48-33-35-50(36-34-48)60-55-19-9-6-16-51(55)52-17-7-10-20-56(52)60)47-29-24-42(25-30-47)45-28-37-58-54(39-45)53-18-8-11-21-57(53)61(58)49-31-26-41(27-32-49)44-23-22-40-12-4-5-13-43(40)38-44/h1-39H. The molecule has 0 aliphatic rings. The summed E-state index contributed by atoms with van der Waals surface area (Å²) in [5, 5.41) is 7.53. The molecule has 3 heteroatoms. The summed E-state index contributed by atoms with van der Waals surface area (Å²) in [5.74, 6) is 0. The van der Waals surface area contributed by atoms with Crippen LogP contribution in [0.3, 0.4) is 0 Å². The summed E-state index contributed by atoms with van der Waals surface area (Å²) in [7, 11) is 0. The van der Waals surface area contributed by atoms with Gasteiger partial charge in [0.2, 0.25) is 0 Å². The maximum Gasteiger partial charge on any atom is 0.0541 e. The van der Waals surface area contributed by atoms with Crippen molar-refractivity contribution >= 4 is 71.4 Å². The first-order valence-electron chi connectivity index (χ1n) is 20.9. The monoisotopic (exact) mass is 777 g/mol. The van der Waals surface area contributed by atoms with Crippen LogP contribution in [0.15, 0.2) is 237 Å². The molecule has 0 N–H and O–H groups in total. The van der Waals surface area contributed by atoms with Crippen LogP contribution in [-0.4, -0.2) is 9.13 Å². The predicted octanol–water partition coefficient (Wildman–Crippen LogP) is 15.8. The van der Waals surface area contributed by atoms with E-state index in [1.807, 2.05) is 0 Å². The van der Waals surface area contributed by atoms with Gasteiger partial charge in [-0.25, -0.2) is 0 Å². The van der Waals surface area contributed by atoms with Crippen LogP contribution in [0, 0.1) is 0 Å². The van der Waals surface area contributed by atoms with Crippen molar-refractivity contribution in [1.29, 1.82) is 0 Å². The average molecular weight is 778 g/mol. The number of nitrogens with zero attached hydrogens (tertiary/aromatic N) is 3. The zero-order chi connectivity index (χ0) is 40.3. The summed E-state index contributed by atoms with van der Waals surface area (Å²) in [6, 6.07) is 85.8. The molecule has 0 atom stereocenters. The van der Waals surface area contributed by atoms with Gasteiger partial charge in [0.15, 0.2) is 0 Å². The van der Waals surface area contributed by atoms with Crippen LogP contribution in [0.2, 0.25) is 0 Å². The SMILES string of the molecule is c1ccc(N(c2ccc(-c3ccc4c(c3)c3ccccc3n4-c3ccc(-c4ccc5ccccc5c4)cc3)cc2)c2ccc(-n3c4ccccc4c4ccccc43)cc2)cc1. The molecule has 0 aliphatic carbocycles. The number of para-hydroxylation sites is 4. The van der Waals surface area contributed by atoms with E-state index in [1.165, 1.54) is 76.6 Å². The van der Waals surface area contributed by atoms with E-state index < -0.39 is 0 Å². The van der Waals surface area contributed by atoms with Crippen molar-refractivity contribution in [1.82, 2.24) is 9.13 Å². The summed E-state index contributed by atoms with van der Waals surface area (Å²) in [6.45, 7) is 0. The lowest BCUT2D eigenvalue weighted by molar-refractivity contribution is 1.17. The van der Waals surface area contributed by atoms with Crippen molar-refractivity contribution in [3.63, 3.8) is 0 Å². The van der Waals surface area contributed by atoms with Crippen LogP contribution in [-0.2, 0) is 0 Å². The van der Waals surface area contributed by atoms with E-state index in [2.05, 4.69) is 251 Å². The van der Waals surface area contributed by atoms with E-state index in [1.54, 1.807) is 0 Å². The van der Waals surface area contributed by atoms with E-state index in [0.29, 0.717) is 0 Å². The van der Waals surface area contributed by atoms with Crippen LogP contribution in [0.25, 0.3) is 88.0 Å². The highest BCUT2D eigenvalue weighted by atomic mass is 15.1. The van der Waals surface area contributed by atoms with Crippen LogP contribution < -0.4 is 4.90 Å². The lowest BCUT2D eigenvalue weighted by Gasteiger charge is -2.26. The topological polar surface area (TPSA) is 13.1 Å². The summed E-state index contributed by atoms with van der Waals surface area (Å²) in [6.07, 6.45) is 0. The van der Waals surface area contributed by atoms with Gasteiger partial charge in [0.25, 0.3) is 0 Å². The fourth-order valence-corrected chi connectivity index (χ4v) is 9.38. The Kier molecular flexibility index (Phi) is 8.17. The molecule has 2 aromatic heterocycles. The van der Waals surface area contributed by atoms with E-state index in [4.69, 9.17) is 0 Å². The van der Waals surface area contributed by atoms with Crippen LogP contribution in [0.1, 0.15) is 0 Å². The number of anilines is 3. The number of fused-ring (bicyclic) bond motifs is 7. The van der Waals surface area contributed by atoms with Gasteiger partial charge in [0.05, 0.1) is 22.1 Å². The van der Waals surface area contributed by atoms with Gasteiger partial charge < -0.3 is 14.0 Å². The second-order valence-corrected chi connectivity index (χ2v) is 15.8. The summed E-state index contributed by atoms with van der Waals surface area (Å²) < 4.78 is 4.76. The van der Waals surface area contributed by atoms with Gasteiger partial charge >= 0.3 is 0 Å². The van der Waals surface area contributed by atoms with Crippen LogP contribution in [0.5, 0.6) is 0 Å². The van der Waals surface area contributed by atoms with Crippen molar-refractivity contribution in [2.24, 2.45) is 0 Å². The molecule has 0 radical (unpaired) electrons. The Morgan fingerprint density at radius 3 is 1.25 bits per heavy atom. The van der Waals surface area contributed by atoms with Crippen molar-refractivity contribution in [2.75, 3.05) is 4.90 Å². The fourth-order valence-electron chi connectivity index (χ4n) is 9.38. The van der Waals surface area contributed by atoms with E-state index in [-0.39, 0.29) is 0 Å². The van der Waals surface area contributed by atoms with Gasteiger partial charge in [0.1, 0.15) is 0 Å². The molecule has 12 aromatic rings. The lowest BCUT2D eigenvalue weighted by atomic mass is 10.0. The number of hydrogen-bond acceptors (Lipinski definition) is 1. The Bertz CT molecular complexity index is 3500. The number of aromatic nitrogens is 2. The largest absolute Gasteiger partial charge is 0.311 e. The van der Waals surface area contributed by atoms with E-state index in [9.17, 15) is 0 Å². The van der Waals surface area contributed by atoms with Crippen molar-refractivity contribution < 1.29 is 0 Å².